The molecule has 94 valence electrons. The van der Waals surface area contributed by atoms with Gasteiger partial charge in [-0.25, -0.2) is 0 Å². The quantitative estimate of drug-likeness (QED) is 0.872. The molecule has 1 aromatic carbocycles. The normalized spacial score (nSPS) is 17.3. The van der Waals surface area contributed by atoms with Crippen molar-refractivity contribution in [2.75, 3.05) is 24.5 Å². The molecule has 0 radical (unpaired) electrons. The summed E-state index contributed by atoms with van der Waals surface area (Å²) < 4.78 is 0. The van der Waals surface area contributed by atoms with E-state index in [4.69, 9.17) is 5.73 Å². The van der Waals surface area contributed by atoms with Crippen LogP contribution in [0.3, 0.4) is 0 Å². The van der Waals surface area contributed by atoms with Gasteiger partial charge in [0.1, 0.15) is 0 Å². The molecule has 18 heavy (non-hydrogen) atoms. The molecule has 1 fully saturated rings. The second-order valence-corrected chi connectivity index (χ2v) is 4.91. The average molecular weight is 242 g/mol. The van der Waals surface area contributed by atoms with E-state index in [0.717, 1.165) is 25.2 Å². The highest BCUT2D eigenvalue weighted by atomic mass is 15.2. The fourth-order valence-corrected chi connectivity index (χ4v) is 2.65. The maximum absolute atomic E-state index is 5.74. The van der Waals surface area contributed by atoms with Crippen molar-refractivity contribution in [3.63, 3.8) is 0 Å². The van der Waals surface area contributed by atoms with Crippen LogP contribution >= 0.6 is 0 Å². The Hall–Kier alpha value is -1.68. The number of piperidine rings is 1. The van der Waals surface area contributed by atoms with Gasteiger partial charge in [-0.3, -0.25) is 0 Å². The zero-order chi connectivity index (χ0) is 12.4. The number of benzene rings is 1. The van der Waals surface area contributed by atoms with Crippen molar-refractivity contribution >= 4 is 16.6 Å². The monoisotopic (exact) mass is 242 g/mol. The summed E-state index contributed by atoms with van der Waals surface area (Å²) in [4.78, 5) is 2.41. The summed E-state index contributed by atoms with van der Waals surface area (Å²) in [5.74, 6) is 0.683. The van der Waals surface area contributed by atoms with E-state index in [1.807, 2.05) is 18.3 Å². The summed E-state index contributed by atoms with van der Waals surface area (Å²) in [6.45, 7) is 2.94. The van der Waals surface area contributed by atoms with Gasteiger partial charge < -0.3 is 10.6 Å². The Labute approximate surface area is 107 Å². The van der Waals surface area contributed by atoms with E-state index in [1.54, 1.807) is 0 Å². The molecule has 1 saturated heterocycles. The Balaban J connectivity index is 1.91. The lowest BCUT2D eigenvalue weighted by molar-refractivity contribution is 0.415. The molecule has 0 saturated carbocycles. The number of hydrogen-bond donors (Lipinski definition) is 1. The molecule has 3 rings (SSSR count). The summed E-state index contributed by atoms with van der Waals surface area (Å²) >= 11 is 0. The summed E-state index contributed by atoms with van der Waals surface area (Å²) in [5.41, 5.74) is 7.91. The van der Waals surface area contributed by atoms with Crippen molar-refractivity contribution in [3.05, 3.63) is 30.5 Å². The number of nitrogens with zero attached hydrogens (tertiary/aromatic N) is 3. The molecule has 0 spiro atoms. The van der Waals surface area contributed by atoms with Gasteiger partial charge in [-0.2, -0.15) is 10.2 Å². The maximum atomic E-state index is 5.74. The second kappa shape index (κ2) is 4.90. The van der Waals surface area contributed by atoms with E-state index < -0.39 is 0 Å². The molecule has 0 unspecified atom stereocenters. The Morgan fingerprint density at radius 2 is 2.00 bits per heavy atom. The smallest absolute Gasteiger partial charge is 0.0950 e. The Kier molecular flexibility index (Phi) is 3.11. The van der Waals surface area contributed by atoms with E-state index in [-0.39, 0.29) is 0 Å². The first kappa shape index (κ1) is 11.4. The molecule has 0 bridgehead atoms. The molecule has 1 aromatic heterocycles. The standard InChI is InChI=1S/C14H18N4/c15-9-11-5-7-18(8-6-11)14-10-16-17-13-4-2-1-3-12(13)14/h1-4,10-11H,5-9,15H2. The highest BCUT2D eigenvalue weighted by Crippen LogP contribution is 2.27. The number of anilines is 1. The maximum Gasteiger partial charge on any atom is 0.0950 e. The highest BCUT2D eigenvalue weighted by Gasteiger charge is 2.19. The first-order valence-corrected chi connectivity index (χ1v) is 6.54. The van der Waals surface area contributed by atoms with Crippen molar-refractivity contribution in [3.8, 4) is 0 Å². The Morgan fingerprint density at radius 3 is 2.78 bits per heavy atom. The van der Waals surface area contributed by atoms with Gasteiger partial charge in [0.2, 0.25) is 0 Å². The van der Waals surface area contributed by atoms with Crippen LogP contribution in [0.25, 0.3) is 10.9 Å². The highest BCUT2D eigenvalue weighted by molar-refractivity contribution is 5.90. The van der Waals surface area contributed by atoms with Gasteiger partial charge in [0, 0.05) is 18.5 Å². The van der Waals surface area contributed by atoms with E-state index in [9.17, 15) is 0 Å². The molecule has 1 aliphatic heterocycles. The molecule has 0 amide bonds. The molecule has 0 atom stereocenters. The number of nitrogens with two attached hydrogens (primary N) is 1. The van der Waals surface area contributed by atoms with Crippen LogP contribution in [-0.4, -0.2) is 29.8 Å². The van der Waals surface area contributed by atoms with Gasteiger partial charge in [0.05, 0.1) is 17.4 Å². The predicted molar refractivity (Wildman–Crippen MR) is 73.5 cm³/mol. The van der Waals surface area contributed by atoms with Gasteiger partial charge in [-0.05, 0) is 31.4 Å². The first-order chi connectivity index (χ1) is 8.88. The average Bonchev–Trinajstić information content (AvgIpc) is 2.47. The van der Waals surface area contributed by atoms with Crippen LogP contribution in [-0.2, 0) is 0 Å². The zero-order valence-corrected chi connectivity index (χ0v) is 10.4. The largest absolute Gasteiger partial charge is 0.370 e. The number of fused-ring (bicyclic) bond motifs is 1. The third kappa shape index (κ3) is 2.04. The minimum Gasteiger partial charge on any atom is -0.370 e. The second-order valence-electron chi connectivity index (χ2n) is 4.91. The van der Waals surface area contributed by atoms with Gasteiger partial charge in [-0.15, -0.1) is 0 Å². The minimum absolute atomic E-state index is 0.683. The molecule has 0 aliphatic carbocycles. The molecular formula is C14H18N4. The van der Waals surface area contributed by atoms with Crippen molar-refractivity contribution < 1.29 is 0 Å². The van der Waals surface area contributed by atoms with Gasteiger partial charge in [-0.1, -0.05) is 18.2 Å². The van der Waals surface area contributed by atoms with Crippen molar-refractivity contribution in [1.29, 1.82) is 0 Å². The molecule has 4 nitrogen and oxygen atoms in total. The van der Waals surface area contributed by atoms with Gasteiger partial charge in [0.25, 0.3) is 0 Å². The lowest BCUT2D eigenvalue weighted by Crippen LogP contribution is -2.36. The molecule has 1 aliphatic rings. The van der Waals surface area contributed by atoms with E-state index in [1.165, 1.54) is 23.9 Å². The fraction of sp³-hybridized carbons (Fsp3) is 0.429. The van der Waals surface area contributed by atoms with Crippen LogP contribution in [0.5, 0.6) is 0 Å². The Morgan fingerprint density at radius 1 is 1.22 bits per heavy atom. The Bertz CT molecular complexity index is 527. The lowest BCUT2D eigenvalue weighted by Gasteiger charge is -2.33. The molecule has 2 N–H and O–H groups in total. The van der Waals surface area contributed by atoms with Crippen molar-refractivity contribution in [2.24, 2.45) is 11.7 Å². The van der Waals surface area contributed by atoms with Crippen molar-refractivity contribution in [1.82, 2.24) is 10.2 Å². The third-order valence-electron chi connectivity index (χ3n) is 3.81. The topological polar surface area (TPSA) is 55.0 Å². The van der Waals surface area contributed by atoms with Crippen LogP contribution in [0.4, 0.5) is 5.69 Å². The minimum atomic E-state index is 0.683. The summed E-state index contributed by atoms with van der Waals surface area (Å²) in [5, 5.41) is 9.48. The molecule has 2 heterocycles. The number of aromatic nitrogens is 2. The summed E-state index contributed by atoms with van der Waals surface area (Å²) in [6, 6.07) is 8.19. The van der Waals surface area contributed by atoms with E-state index >= 15 is 0 Å². The summed E-state index contributed by atoms with van der Waals surface area (Å²) in [6.07, 6.45) is 4.23. The summed E-state index contributed by atoms with van der Waals surface area (Å²) in [7, 11) is 0. The van der Waals surface area contributed by atoms with Gasteiger partial charge >= 0.3 is 0 Å². The van der Waals surface area contributed by atoms with Crippen LogP contribution in [0.2, 0.25) is 0 Å². The third-order valence-corrected chi connectivity index (χ3v) is 3.81. The van der Waals surface area contributed by atoms with E-state index in [0.29, 0.717) is 5.92 Å². The number of hydrogen-bond acceptors (Lipinski definition) is 4. The van der Waals surface area contributed by atoms with Crippen LogP contribution < -0.4 is 10.6 Å². The lowest BCUT2D eigenvalue weighted by atomic mass is 9.96. The van der Waals surface area contributed by atoms with Crippen molar-refractivity contribution in [2.45, 2.75) is 12.8 Å². The molecule has 2 aromatic rings. The number of rotatable bonds is 2. The fourth-order valence-electron chi connectivity index (χ4n) is 2.65. The zero-order valence-electron chi connectivity index (χ0n) is 10.4. The van der Waals surface area contributed by atoms with Crippen LogP contribution in [0.15, 0.2) is 30.5 Å². The van der Waals surface area contributed by atoms with Crippen LogP contribution in [0, 0.1) is 5.92 Å². The SMILES string of the molecule is NCC1CCN(c2cnnc3ccccc23)CC1. The van der Waals surface area contributed by atoms with E-state index in [2.05, 4.69) is 27.2 Å². The van der Waals surface area contributed by atoms with Gasteiger partial charge in [0.15, 0.2) is 0 Å². The molecular weight excluding hydrogens is 224 g/mol. The first-order valence-electron chi connectivity index (χ1n) is 6.54. The predicted octanol–water partition coefficient (Wildman–Crippen LogP) is 1.80. The molecule has 4 heteroatoms. The van der Waals surface area contributed by atoms with Crippen LogP contribution in [0.1, 0.15) is 12.8 Å².